The lowest BCUT2D eigenvalue weighted by molar-refractivity contribution is -0.133. The molecule has 5 nitrogen and oxygen atoms in total. The van der Waals surface area contributed by atoms with E-state index in [1.807, 2.05) is 0 Å². The van der Waals surface area contributed by atoms with Gasteiger partial charge in [0, 0.05) is 19.2 Å². The number of benzene rings is 1. The Balaban J connectivity index is 2.30. The topological polar surface area (TPSA) is 57.7 Å². The summed E-state index contributed by atoms with van der Waals surface area (Å²) in [6, 6.07) is 1.76. The predicted octanol–water partition coefficient (Wildman–Crippen LogP) is 2.38. The molecule has 0 bridgehead atoms. The van der Waals surface area contributed by atoms with Gasteiger partial charge in [0.25, 0.3) is 0 Å². The van der Waals surface area contributed by atoms with Gasteiger partial charge in [-0.25, -0.2) is 17.2 Å². The quantitative estimate of drug-likeness (QED) is 0.828. The number of piperidine rings is 1. The van der Waals surface area contributed by atoms with Crippen molar-refractivity contribution in [3.8, 4) is 0 Å². The number of carbonyl (C=O) groups is 1. The average Bonchev–Trinajstić information content (AvgIpc) is 2.49. The summed E-state index contributed by atoms with van der Waals surface area (Å²) >= 11 is 0. The highest BCUT2D eigenvalue weighted by atomic mass is 32.2. The molecular formula is C16H22F2N2O3S. The SMILES string of the molecule is CC1CCN(C(=O)[C@H](C)N(c2ccc(F)c(F)c2)S(C)(=O)=O)CC1. The minimum Gasteiger partial charge on any atom is -0.341 e. The second kappa shape index (κ2) is 7.04. The van der Waals surface area contributed by atoms with Gasteiger partial charge < -0.3 is 4.90 Å². The maximum atomic E-state index is 13.5. The number of amides is 1. The standard InChI is InChI=1S/C16H22F2N2O3S/c1-11-6-8-19(9-7-11)16(21)12(2)20(24(3,22)23)13-4-5-14(17)15(18)10-13/h4-5,10-12H,6-9H2,1-3H3/t12-/m0/s1. The van der Waals surface area contributed by atoms with E-state index < -0.39 is 27.7 Å². The highest BCUT2D eigenvalue weighted by Crippen LogP contribution is 2.25. The Kier molecular flexibility index (Phi) is 5.47. The summed E-state index contributed by atoms with van der Waals surface area (Å²) in [7, 11) is -3.84. The molecule has 0 unspecified atom stereocenters. The zero-order chi connectivity index (χ0) is 18.1. The Morgan fingerprint density at radius 2 is 1.83 bits per heavy atom. The van der Waals surface area contributed by atoms with E-state index >= 15 is 0 Å². The van der Waals surface area contributed by atoms with E-state index in [2.05, 4.69) is 6.92 Å². The van der Waals surface area contributed by atoms with Crippen molar-refractivity contribution in [2.45, 2.75) is 32.7 Å². The summed E-state index contributed by atoms with van der Waals surface area (Å²) in [6.45, 7) is 4.71. The predicted molar refractivity (Wildman–Crippen MR) is 88.1 cm³/mol. The van der Waals surface area contributed by atoms with E-state index in [1.165, 1.54) is 6.92 Å². The van der Waals surface area contributed by atoms with Crippen LogP contribution in [0.3, 0.4) is 0 Å². The first-order valence-electron chi connectivity index (χ1n) is 7.84. The van der Waals surface area contributed by atoms with Gasteiger partial charge in [0.05, 0.1) is 11.9 Å². The maximum absolute atomic E-state index is 13.5. The second-order valence-corrected chi connectivity index (χ2v) is 8.20. The fourth-order valence-corrected chi connectivity index (χ4v) is 4.08. The van der Waals surface area contributed by atoms with Gasteiger partial charge in [-0.1, -0.05) is 6.92 Å². The Labute approximate surface area is 141 Å². The van der Waals surface area contributed by atoms with Crippen LogP contribution in [0.15, 0.2) is 18.2 Å². The Morgan fingerprint density at radius 1 is 1.25 bits per heavy atom. The number of halogens is 2. The van der Waals surface area contributed by atoms with Gasteiger partial charge in [-0.3, -0.25) is 9.10 Å². The fraction of sp³-hybridized carbons (Fsp3) is 0.562. The van der Waals surface area contributed by atoms with E-state index in [4.69, 9.17) is 0 Å². The van der Waals surface area contributed by atoms with Gasteiger partial charge in [-0.15, -0.1) is 0 Å². The molecule has 0 aromatic heterocycles. The zero-order valence-electron chi connectivity index (χ0n) is 14.0. The Bertz CT molecular complexity index is 716. The number of nitrogens with zero attached hydrogens (tertiary/aromatic N) is 2. The van der Waals surface area contributed by atoms with E-state index in [9.17, 15) is 22.0 Å². The zero-order valence-corrected chi connectivity index (χ0v) is 14.8. The molecule has 1 atom stereocenters. The third-order valence-electron chi connectivity index (χ3n) is 4.32. The molecule has 1 heterocycles. The molecule has 134 valence electrons. The number of hydrogen-bond acceptors (Lipinski definition) is 3. The van der Waals surface area contributed by atoms with Crippen molar-refractivity contribution < 1.29 is 22.0 Å². The number of rotatable bonds is 4. The molecule has 2 rings (SSSR count). The molecule has 8 heteroatoms. The van der Waals surface area contributed by atoms with Crippen molar-refractivity contribution in [3.63, 3.8) is 0 Å². The molecule has 1 saturated heterocycles. The first-order chi connectivity index (χ1) is 11.1. The van der Waals surface area contributed by atoms with Crippen LogP contribution < -0.4 is 4.31 Å². The van der Waals surface area contributed by atoms with Crippen LogP contribution in [0.1, 0.15) is 26.7 Å². The number of sulfonamides is 1. The number of carbonyl (C=O) groups excluding carboxylic acids is 1. The van der Waals surface area contributed by atoms with Crippen LogP contribution in [0.5, 0.6) is 0 Å². The molecule has 0 saturated carbocycles. The van der Waals surface area contributed by atoms with Crippen LogP contribution in [-0.4, -0.2) is 44.6 Å². The van der Waals surface area contributed by atoms with Crippen LogP contribution in [0.4, 0.5) is 14.5 Å². The normalized spacial score (nSPS) is 17.6. The van der Waals surface area contributed by atoms with Gasteiger partial charge >= 0.3 is 0 Å². The number of likely N-dealkylation sites (tertiary alicyclic amines) is 1. The Morgan fingerprint density at radius 3 is 2.33 bits per heavy atom. The fourth-order valence-electron chi connectivity index (χ4n) is 2.92. The molecule has 1 aliphatic heterocycles. The van der Waals surface area contributed by atoms with Crippen LogP contribution in [0, 0.1) is 17.6 Å². The van der Waals surface area contributed by atoms with Crippen LogP contribution in [0.2, 0.25) is 0 Å². The van der Waals surface area contributed by atoms with Crippen molar-refractivity contribution in [1.29, 1.82) is 0 Å². The molecule has 0 N–H and O–H groups in total. The highest BCUT2D eigenvalue weighted by Gasteiger charge is 2.33. The van der Waals surface area contributed by atoms with Gasteiger partial charge in [-0.2, -0.15) is 0 Å². The summed E-state index contributed by atoms with van der Waals surface area (Å²) in [5.41, 5.74) is -0.0670. The van der Waals surface area contributed by atoms with Gasteiger partial charge in [0.15, 0.2) is 11.6 Å². The van der Waals surface area contributed by atoms with Crippen LogP contribution >= 0.6 is 0 Å². The van der Waals surface area contributed by atoms with E-state index in [0.29, 0.717) is 19.0 Å². The molecule has 0 spiro atoms. The minimum atomic E-state index is -3.84. The molecule has 24 heavy (non-hydrogen) atoms. The van der Waals surface area contributed by atoms with Crippen molar-refractivity contribution >= 4 is 21.6 Å². The summed E-state index contributed by atoms with van der Waals surface area (Å²) in [5.74, 6) is -2.04. The van der Waals surface area contributed by atoms with Crippen LogP contribution in [-0.2, 0) is 14.8 Å². The van der Waals surface area contributed by atoms with Crippen molar-refractivity contribution in [1.82, 2.24) is 4.90 Å². The van der Waals surface area contributed by atoms with Gasteiger partial charge in [0.1, 0.15) is 6.04 Å². The molecule has 1 amide bonds. The highest BCUT2D eigenvalue weighted by molar-refractivity contribution is 7.92. The third-order valence-corrected chi connectivity index (χ3v) is 5.56. The lowest BCUT2D eigenvalue weighted by Gasteiger charge is -2.35. The first-order valence-corrected chi connectivity index (χ1v) is 9.69. The lowest BCUT2D eigenvalue weighted by Crippen LogP contribution is -2.51. The monoisotopic (exact) mass is 360 g/mol. The summed E-state index contributed by atoms with van der Waals surface area (Å²) < 4.78 is 51.8. The molecule has 1 fully saturated rings. The average molecular weight is 360 g/mol. The van der Waals surface area contributed by atoms with E-state index in [0.717, 1.165) is 41.6 Å². The van der Waals surface area contributed by atoms with Crippen molar-refractivity contribution in [3.05, 3.63) is 29.8 Å². The summed E-state index contributed by atoms with van der Waals surface area (Å²) in [5, 5.41) is 0. The number of anilines is 1. The first kappa shape index (κ1) is 18.6. The van der Waals surface area contributed by atoms with Crippen molar-refractivity contribution in [2.75, 3.05) is 23.7 Å². The summed E-state index contributed by atoms with van der Waals surface area (Å²) in [6.07, 6.45) is 2.67. The molecule has 1 aromatic rings. The van der Waals surface area contributed by atoms with Crippen LogP contribution in [0.25, 0.3) is 0 Å². The molecule has 0 radical (unpaired) electrons. The third kappa shape index (κ3) is 4.03. The molecular weight excluding hydrogens is 338 g/mol. The summed E-state index contributed by atoms with van der Waals surface area (Å²) in [4.78, 5) is 14.3. The molecule has 0 aliphatic carbocycles. The largest absolute Gasteiger partial charge is 0.341 e. The van der Waals surface area contributed by atoms with Crippen molar-refractivity contribution in [2.24, 2.45) is 5.92 Å². The van der Waals surface area contributed by atoms with E-state index in [1.54, 1.807) is 4.90 Å². The minimum absolute atomic E-state index is 0.0670. The second-order valence-electron chi connectivity index (χ2n) is 6.34. The van der Waals surface area contributed by atoms with E-state index in [-0.39, 0.29) is 11.6 Å². The Hall–Kier alpha value is -1.70. The smallest absolute Gasteiger partial charge is 0.246 e. The molecule has 1 aliphatic rings. The number of hydrogen-bond donors (Lipinski definition) is 0. The molecule has 1 aromatic carbocycles. The van der Waals surface area contributed by atoms with Gasteiger partial charge in [-0.05, 0) is 37.8 Å². The maximum Gasteiger partial charge on any atom is 0.246 e. The van der Waals surface area contributed by atoms with Gasteiger partial charge in [0.2, 0.25) is 15.9 Å². The lowest BCUT2D eigenvalue weighted by atomic mass is 9.99.